The van der Waals surface area contributed by atoms with Gasteiger partial charge in [-0.05, 0) is 11.1 Å². The normalized spacial score (nSPS) is 12.3. The average Bonchev–Trinajstić information content (AvgIpc) is 2.42. The largest absolute Gasteiger partial charge is 0.390 e. The molecule has 7 heteroatoms. The number of hydrogen-bond donors (Lipinski definition) is 2. The summed E-state index contributed by atoms with van der Waals surface area (Å²) < 4.78 is 41.2. The maximum atomic E-state index is 12.1. The zero-order valence-corrected chi connectivity index (χ0v) is 12.1. The molecule has 118 valence electrons. The third-order valence-corrected chi connectivity index (χ3v) is 2.69. The first-order chi connectivity index (χ1) is 9.94. The van der Waals surface area contributed by atoms with Gasteiger partial charge in [-0.1, -0.05) is 24.3 Å². The van der Waals surface area contributed by atoms with E-state index in [9.17, 15) is 13.2 Å². The van der Waals surface area contributed by atoms with Crippen molar-refractivity contribution in [2.75, 3.05) is 20.7 Å². The smallest absolute Gasteiger partial charge is 0.380 e. The third kappa shape index (κ3) is 7.55. The van der Waals surface area contributed by atoms with Crippen molar-refractivity contribution in [3.05, 3.63) is 35.4 Å². The number of aliphatic imine (C=N–C) groups is 1. The molecule has 0 bridgehead atoms. The van der Waals surface area contributed by atoms with Crippen molar-refractivity contribution in [3.63, 3.8) is 0 Å². The second kappa shape index (κ2) is 8.51. The quantitative estimate of drug-likeness (QED) is 0.627. The van der Waals surface area contributed by atoms with Gasteiger partial charge in [-0.15, -0.1) is 0 Å². The molecule has 0 aliphatic heterocycles. The van der Waals surface area contributed by atoms with Gasteiger partial charge < -0.3 is 15.4 Å². The van der Waals surface area contributed by atoms with E-state index in [0.29, 0.717) is 19.1 Å². The Labute approximate surface area is 122 Å². The Hall–Kier alpha value is -1.76. The molecule has 0 spiro atoms. The Bertz CT molecular complexity index is 461. The minimum absolute atomic E-state index is 0.202. The number of nitrogens with zero attached hydrogens (tertiary/aromatic N) is 1. The summed E-state index contributed by atoms with van der Waals surface area (Å²) in [5.41, 5.74) is 2.04. The molecule has 1 aromatic rings. The summed E-state index contributed by atoms with van der Waals surface area (Å²) in [4.78, 5) is 3.88. The molecule has 0 fully saturated rings. The van der Waals surface area contributed by atoms with Crippen LogP contribution in [0.3, 0.4) is 0 Å². The highest BCUT2D eigenvalue weighted by Crippen LogP contribution is 2.18. The number of halogens is 3. The fourth-order valence-electron chi connectivity index (χ4n) is 1.73. The molecule has 0 aromatic heterocycles. The molecule has 1 rings (SSSR count). The monoisotopic (exact) mass is 303 g/mol. The summed E-state index contributed by atoms with van der Waals surface area (Å²) in [6, 6.07) is 7.75. The number of benzene rings is 1. The highest BCUT2D eigenvalue weighted by Gasteiger charge is 2.26. The van der Waals surface area contributed by atoms with E-state index in [1.807, 2.05) is 24.3 Å². The lowest BCUT2D eigenvalue weighted by atomic mass is 10.1. The van der Waals surface area contributed by atoms with E-state index in [1.54, 1.807) is 7.11 Å². The number of nitrogens with one attached hydrogen (secondary N) is 2. The lowest BCUT2D eigenvalue weighted by molar-refractivity contribution is -0.132. The van der Waals surface area contributed by atoms with Gasteiger partial charge >= 0.3 is 6.18 Å². The molecule has 0 heterocycles. The second-order valence-corrected chi connectivity index (χ2v) is 4.47. The van der Waals surface area contributed by atoms with E-state index < -0.39 is 12.6 Å². The summed E-state index contributed by atoms with van der Waals surface area (Å²) in [6.45, 7) is 0.794. The molecule has 0 aliphatic rings. The summed E-state index contributed by atoms with van der Waals surface area (Å²) >= 11 is 0. The van der Waals surface area contributed by atoms with E-state index in [-0.39, 0.29) is 6.54 Å². The van der Waals surface area contributed by atoms with Gasteiger partial charge in [0, 0.05) is 27.2 Å². The molecule has 2 N–H and O–H groups in total. The lowest BCUT2D eigenvalue weighted by Gasteiger charge is -2.13. The topological polar surface area (TPSA) is 45.7 Å². The van der Waals surface area contributed by atoms with Crippen LogP contribution >= 0.6 is 0 Å². The van der Waals surface area contributed by atoms with Crippen LogP contribution in [0.15, 0.2) is 29.3 Å². The SMILES string of the molecule is CN=C(NCCC(F)(F)F)NCc1cccc(COC)c1. The number of hydrogen-bond acceptors (Lipinski definition) is 2. The van der Waals surface area contributed by atoms with Gasteiger partial charge in [0.05, 0.1) is 13.0 Å². The standard InChI is InChI=1S/C14H20F3N3O/c1-18-13(19-7-6-14(15,16)17)20-9-11-4-3-5-12(8-11)10-21-2/h3-5,8H,6-7,9-10H2,1-2H3,(H2,18,19,20). The molecule has 0 saturated heterocycles. The van der Waals surface area contributed by atoms with Crippen LogP contribution in [-0.4, -0.2) is 32.8 Å². The predicted molar refractivity (Wildman–Crippen MR) is 76.0 cm³/mol. The second-order valence-electron chi connectivity index (χ2n) is 4.47. The Morgan fingerprint density at radius 1 is 1.24 bits per heavy atom. The Balaban J connectivity index is 2.43. The van der Waals surface area contributed by atoms with Gasteiger partial charge in [-0.2, -0.15) is 13.2 Å². The van der Waals surface area contributed by atoms with Crippen molar-refractivity contribution in [1.29, 1.82) is 0 Å². The lowest BCUT2D eigenvalue weighted by Crippen LogP contribution is -2.38. The van der Waals surface area contributed by atoms with Crippen LogP contribution < -0.4 is 10.6 Å². The van der Waals surface area contributed by atoms with E-state index in [4.69, 9.17) is 4.74 Å². The molecule has 0 radical (unpaired) electrons. The Morgan fingerprint density at radius 2 is 1.95 bits per heavy atom. The van der Waals surface area contributed by atoms with Crippen LogP contribution in [0.2, 0.25) is 0 Å². The van der Waals surface area contributed by atoms with Crippen molar-refractivity contribution < 1.29 is 17.9 Å². The van der Waals surface area contributed by atoms with E-state index in [2.05, 4.69) is 15.6 Å². The van der Waals surface area contributed by atoms with Gasteiger partial charge in [0.25, 0.3) is 0 Å². The average molecular weight is 303 g/mol. The first kappa shape index (κ1) is 17.3. The van der Waals surface area contributed by atoms with Gasteiger partial charge in [0.2, 0.25) is 0 Å². The zero-order valence-electron chi connectivity index (χ0n) is 12.1. The van der Waals surface area contributed by atoms with Crippen LogP contribution in [-0.2, 0) is 17.9 Å². The van der Waals surface area contributed by atoms with Crippen LogP contribution in [0, 0.1) is 0 Å². The van der Waals surface area contributed by atoms with Crippen LogP contribution in [0.1, 0.15) is 17.5 Å². The first-order valence-electron chi connectivity index (χ1n) is 6.52. The highest BCUT2D eigenvalue weighted by molar-refractivity contribution is 5.79. The minimum Gasteiger partial charge on any atom is -0.380 e. The van der Waals surface area contributed by atoms with Gasteiger partial charge in [-0.25, -0.2) is 0 Å². The summed E-state index contributed by atoms with van der Waals surface area (Å²) in [5.74, 6) is 0.344. The van der Waals surface area contributed by atoms with Crippen LogP contribution in [0.4, 0.5) is 13.2 Å². The van der Waals surface area contributed by atoms with Gasteiger partial charge in [0.1, 0.15) is 0 Å². The minimum atomic E-state index is -4.17. The maximum absolute atomic E-state index is 12.1. The van der Waals surface area contributed by atoms with Crippen molar-refractivity contribution in [2.45, 2.75) is 25.7 Å². The Kier molecular flexibility index (Phi) is 7.01. The van der Waals surface area contributed by atoms with Crippen molar-refractivity contribution in [2.24, 2.45) is 4.99 Å². The number of rotatable bonds is 6. The van der Waals surface area contributed by atoms with E-state index in [0.717, 1.165) is 11.1 Å². The van der Waals surface area contributed by atoms with Gasteiger partial charge in [-0.3, -0.25) is 4.99 Å². The summed E-state index contributed by atoms with van der Waals surface area (Å²) in [5, 5.41) is 5.60. The fraction of sp³-hybridized carbons (Fsp3) is 0.500. The summed E-state index contributed by atoms with van der Waals surface area (Å²) in [6.07, 6.45) is -5.06. The molecule has 4 nitrogen and oxygen atoms in total. The number of guanidine groups is 1. The number of ether oxygens (including phenoxy) is 1. The molecule has 0 saturated carbocycles. The van der Waals surface area contributed by atoms with Crippen molar-refractivity contribution in [3.8, 4) is 0 Å². The molecule has 0 atom stereocenters. The molecule has 0 amide bonds. The molecule has 0 aliphatic carbocycles. The molecule has 1 aromatic carbocycles. The van der Waals surface area contributed by atoms with Gasteiger partial charge in [0.15, 0.2) is 5.96 Å². The number of methoxy groups -OCH3 is 1. The maximum Gasteiger partial charge on any atom is 0.390 e. The Morgan fingerprint density at radius 3 is 2.57 bits per heavy atom. The fourth-order valence-corrected chi connectivity index (χ4v) is 1.73. The van der Waals surface area contributed by atoms with Crippen LogP contribution in [0.5, 0.6) is 0 Å². The highest BCUT2D eigenvalue weighted by atomic mass is 19.4. The molecular formula is C14H20F3N3O. The first-order valence-corrected chi connectivity index (χ1v) is 6.52. The van der Waals surface area contributed by atoms with Crippen LogP contribution in [0.25, 0.3) is 0 Å². The molecular weight excluding hydrogens is 283 g/mol. The van der Waals surface area contributed by atoms with E-state index in [1.165, 1.54) is 7.05 Å². The third-order valence-electron chi connectivity index (χ3n) is 2.69. The summed E-state index contributed by atoms with van der Waals surface area (Å²) in [7, 11) is 3.14. The predicted octanol–water partition coefficient (Wildman–Crippen LogP) is 2.45. The molecule has 0 unspecified atom stereocenters. The molecule has 21 heavy (non-hydrogen) atoms. The zero-order chi connectivity index (χ0) is 15.7. The van der Waals surface area contributed by atoms with Crippen molar-refractivity contribution >= 4 is 5.96 Å². The van der Waals surface area contributed by atoms with E-state index >= 15 is 0 Å². The number of alkyl halides is 3. The van der Waals surface area contributed by atoms with Crippen molar-refractivity contribution in [1.82, 2.24) is 10.6 Å².